The zero-order valence-electron chi connectivity index (χ0n) is 12.7. The molecular formula is C17H14ClN3O2S. The van der Waals surface area contributed by atoms with Crippen molar-refractivity contribution in [3.05, 3.63) is 53.1 Å². The molecule has 2 aromatic rings. The van der Waals surface area contributed by atoms with Crippen LogP contribution in [0.4, 0.5) is 5.69 Å². The summed E-state index contributed by atoms with van der Waals surface area (Å²) in [5.74, 6) is 2.28. The Kier molecular flexibility index (Phi) is 4.32. The highest BCUT2D eigenvalue weighted by atomic mass is 35.5. The summed E-state index contributed by atoms with van der Waals surface area (Å²) >= 11 is 7.57. The van der Waals surface area contributed by atoms with Crippen molar-refractivity contribution in [1.82, 2.24) is 5.43 Å². The van der Waals surface area contributed by atoms with Crippen LogP contribution in [0.1, 0.15) is 5.56 Å². The van der Waals surface area contributed by atoms with E-state index in [1.54, 1.807) is 11.8 Å². The van der Waals surface area contributed by atoms with Crippen molar-refractivity contribution in [1.29, 1.82) is 0 Å². The van der Waals surface area contributed by atoms with Crippen LogP contribution in [-0.2, 0) is 0 Å². The number of thioether (sulfide) groups is 1. The van der Waals surface area contributed by atoms with Gasteiger partial charge in [-0.1, -0.05) is 29.4 Å². The summed E-state index contributed by atoms with van der Waals surface area (Å²) in [5, 5.41) is 5.85. The molecule has 0 aromatic heterocycles. The average Bonchev–Trinajstić information content (AvgIpc) is 2.62. The van der Waals surface area contributed by atoms with Crippen molar-refractivity contribution in [3.8, 4) is 11.5 Å². The Balaban J connectivity index is 1.52. The minimum absolute atomic E-state index is 0.576. The first-order valence-electron chi connectivity index (χ1n) is 7.47. The lowest BCUT2D eigenvalue weighted by Gasteiger charge is -2.20. The fourth-order valence-electron chi connectivity index (χ4n) is 2.41. The van der Waals surface area contributed by atoms with Crippen molar-refractivity contribution in [2.45, 2.75) is 0 Å². The van der Waals surface area contributed by atoms with E-state index < -0.39 is 0 Å². The molecule has 2 aliphatic heterocycles. The van der Waals surface area contributed by atoms with E-state index >= 15 is 0 Å². The first-order chi connectivity index (χ1) is 11.8. The van der Waals surface area contributed by atoms with Crippen LogP contribution in [0.2, 0.25) is 5.02 Å². The van der Waals surface area contributed by atoms with Crippen LogP contribution in [0.3, 0.4) is 0 Å². The molecule has 0 atom stereocenters. The molecule has 0 spiro atoms. The Labute approximate surface area is 148 Å². The molecule has 0 amide bonds. The van der Waals surface area contributed by atoms with Gasteiger partial charge in [-0.15, -0.1) is 0 Å². The largest absolute Gasteiger partial charge is 0.486 e. The Morgan fingerprint density at radius 2 is 1.96 bits per heavy atom. The third-order valence-corrected chi connectivity index (χ3v) is 4.66. The third-order valence-electron chi connectivity index (χ3n) is 3.55. The van der Waals surface area contributed by atoms with Gasteiger partial charge in [-0.2, -0.15) is 5.10 Å². The summed E-state index contributed by atoms with van der Waals surface area (Å²) < 4.78 is 11.2. The van der Waals surface area contributed by atoms with Crippen molar-refractivity contribution in [3.63, 3.8) is 0 Å². The SMILES string of the molecule is Clc1cccc(N=C2NN=C(c3ccc4c(c3)OCCO4)CS2)c1. The number of benzene rings is 2. The number of hydrogen-bond acceptors (Lipinski definition) is 5. The van der Waals surface area contributed by atoms with Crippen LogP contribution in [-0.4, -0.2) is 29.8 Å². The number of amidine groups is 1. The molecule has 7 heteroatoms. The molecule has 2 aromatic carbocycles. The van der Waals surface area contributed by atoms with E-state index in [0.29, 0.717) is 18.2 Å². The second-order valence-electron chi connectivity index (χ2n) is 5.21. The number of ether oxygens (including phenoxy) is 2. The molecule has 2 heterocycles. The molecule has 122 valence electrons. The zero-order chi connectivity index (χ0) is 16.4. The number of halogens is 1. The summed E-state index contributed by atoms with van der Waals surface area (Å²) in [6, 6.07) is 13.3. The van der Waals surface area contributed by atoms with Gasteiger partial charge in [-0.05, 0) is 36.4 Å². The highest BCUT2D eigenvalue weighted by Gasteiger charge is 2.17. The van der Waals surface area contributed by atoms with E-state index in [1.807, 2.05) is 42.5 Å². The lowest BCUT2D eigenvalue weighted by Crippen LogP contribution is -2.25. The van der Waals surface area contributed by atoms with Crippen LogP contribution >= 0.6 is 23.4 Å². The normalized spacial score (nSPS) is 18.0. The number of rotatable bonds is 2. The van der Waals surface area contributed by atoms with Crippen molar-refractivity contribution in [2.24, 2.45) is 10.1 Å². The van der Waals surface area contributed by atoms with Gasteiger partial charge in [0.15, 0.2) is 16.7 Å². The Morgan fingerprint density at radius 1 is 1.08 bits per heavy atom. The van der Waals surface area contributed by atoms with Crippen LogP contribution in [0.25, 0.3) is 0 Å². The van der Waals surface area contributed by atoms with Crippen molar-refractivity contribution < 1.29 is 9.47 Å². The number of nitrogens with zero attached hydrogens (tertiary/aromatic N) is 2. The van der Waals surface area contributed by atoms with Gasteiger partial charge in [-0.25, -0.2) is 4.99 Å². The number of hydrazone groups is 1. The predicted molar refractivity (Wildman–Crippen MR) is 98.1 cm³/mol. The number of hydrogen-bond donors (Lipinski definition) is 1. The van der Waals surface area contributed by atoms with E-state index in [0.717, 1.165) is 39.4 Å². The zero-order valence-corrected chi connectivity index (χ0v) is 14.2. The van der Waals surface area contributed by atoms with E-state index in [4.69, 9.17) is 21.1 Å². The van der Waals surface area contributed by atoms with Gasteiger partial charge in [0.1, 0.15) is 13.2 Å². The highest BCUT2D eigenvalue weighted by Crippen LogP contribution is 2.31. The smallest absolute Gasteiger partial charge is 0.182 e. The van der Waals surface area contributed by atoms with E-state index in [-0.39, 0.29) is 0 Å². The van der Waals surface area contributed by atoms with Gasteiger partial charge in [-0.3, -0.25) is 5.43 Å². The first-order valence-corrected chi connectivity index (χ1v) is 8.84. The molecule has 0 unspecified atom stereocenters. The summed E-state index contributed by atoms with van der Waals surface area (Å²) in [6.45, 7) is 1.17. The molecular weight excluding hydrogens is 346 g/mol. The highest BCUT2D eigenvalue weighted by molar-refractivity contribution is 8.14. The molecule has 0 radical (unpaired) electrons. The fourth-order valence-corrected chi connectivity index (χ4v) is 3.38. The molecule has 0 bridgehead atoms. The van der Waals surface area contributed by atoms with E-state index in [1.165, 1.54) is 0 Å². The Bertz CT molecular complexity index is 838. The Hall–Kier alpha value is -2.18. The van der Waals surface area contributed by atoms with Gasteiger partial charge in [0.05, 0.1) is 11.4 Å². The topological polar surface area (TPSA) is 55.2 Å². The minimum Gasteiger partial charge on any atom is -0.486 e. The molecule has 5 nitrogen and oxygen atoms in total. The molecule has 2 aliphatic rings. The maximum atomic E-state index is 5.98. The quantitative estimate of drug-likeness (QED) is 0.885. The summed E-state index contributed by atoms with van der Waals surface area (Å²) in [7, 11) is 0. The van der Waals surface area contributed by atoms with Crippen LogP contribution < -0.4 is 14.9 Å². The summed E-state index contributed by atoms with van der Waals surface area (Å²) in [5.41, 5.74) is 5.76. The lowest BCUT2D eigenvalue weighted by molar-refractivity contribution is 0.171. The summed E-state index contributed by atoms with van der Waals surface area (Å²) in [6.07, 6.45) is 0. The van der Waals surface area contributed by atoms with Gasteiger partial charge < -0.3 is 9.47 Å². The molecule has 0 saturated carbocycles. The number of aliphatic imine (C=N–C) groups is 1. The number of nitrogens with one attached hydrogen (secondary N) is 1. The number of fused-ring (bicyclic) bond motifs is 1. The molecule has 0 aliphatic carbocycles. The lowest BCUT2D eigenvalue weighted by atomic mass is 10.1. The van der Waals surface area contributed by atoms with Gasteiger partial charge >= 0.3 is 0 Å². The maximum absolute atomic E-state index is 5.98. The maximum Gasteiger partial charge on any atom is 0.182 e. The van der Waals surface area contributed by atoms with Crippen molar-refractivity contribution in [2.75, 3.05) is 19.0 Å². The molecule has 24 heavy (non-hydrogen) atoms. The molecule has 1 N–H and O–H groups in total. The van der Waals surface area contributed by atoms with Gasteiger partial charge in [0, 0.05) is 16.3 Å². The van der Waals surface area contributed by atoms with Gasteiger partial charge in [0.25, 0.3) is 0 Å². The predicted octanol–water partition coefficient (Wildman–Crippen LogP) is 3.84. The van der Waals surface area contributed by atoms with Crippen LogP contribution in [0.15, 0.2) is 52.6 Å². The van der Waals surface area contributed by atoms with Gasteiger partial charge in [0.2, 0.25) is 0 Å². The van der Waals surface area contributed by atoms with Crippen molar-refractivity contribution >= 4 is 39.9 Å². The first kappa shape index (κ1) is 15.4. The fraction of sp³-hybridized carbons (Fsp3) is 0.176. The summed E-state index contributed by atoms with van der Waals surface area (Å²) in [4.78, 5) is 4.51. The van der Waals surface area contributed by atoms with E-state index in [9.17, 15) is 0 Å². The second-order valence-corrected chi connectivity index (χ2v) is 6.61. The Morgan fingerprint density at radius 3 is 2.75 bits per heavy atom. The second kappa shape index (κ2) is 6.75. The van der Waals surface area contributed by atoms with E-state index in [2.05, 4.69) is 15.5 Å². The average molecular weight is 360 g/mol. The minimum atomic E-state index is 0.576. The monoisotopic (exact) mass is 359 g/mol. The molecule has 0 saturated heterocycles. The molecule has 0 fully saturated rings. The third kappa shape index (κ3) is 3.34. The van der Waals surface area contributed by atoms with Crippen LogP contribution in [0.5, 0.6) is 11.5 Å². The van der Waals surface area contributed by atoms with Crippen LogP contribution in [0, 0.1) is 0 Å². The molecule has 4 rings (SSSR count). The standard InChI is InChI=1S/C17H14ClN3O2S/c18-12-2-1-3-13(9-12)19-17-21-20-14(10-24-17)11-4-5-15-16(8-11)23-7-6-22-15/h1-5,8-9H,6-7,10H2,(H,19,21).